The average Bonchev–Trinajstić information content (AvgIpc) is 1.85. The normalized spacial score (nSPS) is 9.11. The molecule has 0 saturated carbocycles. The van der Waals surface area contributed by atoms with E-state index >= 15 is 0 Å². The van der Waals surface area contributed by atoms with Crippen LogP contribution in [0.4, 0.5) is 0 Å². The molecule has 1 N–H and O–H groups in total. The molecular formula is C5H10N2O2. The second kappa shape index (κ2) is 5.24. The minimum Gasteiger partial charge on any atom is -0.303 e. The lowest BCUT2D eigenvalue weighted by Gasteiger charge is -2.11. The lowest BCUT2D eigenvalue weighted by molar-refractivity contribution is -0.114. The monoisotopic (exact) mass is 130 g/mol. The highest BCUT2D eigenvalue weighted by molar-refractivity contribution is 5.49. The smallest absolute Gasteiger partial charge is 0.221 e. The summed E-state index contributed by atoms with van der Waals surface area (Å²) >= 11 is 0. The Balaban J connectivity index is 3.14. The molecule has 0 bridgehead atoms. The molecule has 1 amide bonds. The van der Waals surface area contributed by atoms with Crippen LogP contribution in [0.3, 0.4) is 0 Å². The first kappa shape index (κ1) is 8.10. The van der Waals surface area contributed by atoms with Crippen molar-refractivity contribution in [1.82, 2.24) is 10.4 Å². The molecule has 9 heavy (non-hydrogen) atoms. The molecule has 52 valence electrons. The number of aldehydes is 1. The van der Waals surface area contributed by atoms with Crippen LogP contribution in [0, 0.1) is 0 Å². The fourth-order valence-corrected chi connectivity index (χ4v) is 0.401. The van der Waals surface area contributed by atoms with E-state index in [1.807, 2.05) is 0 Å². The van der Waals surface area contributed by atoms with Gasteiger partial charge in [0, 0.05) is 20.0 Å². The number of rotatable bonds is 5. The number of amides is 1. The topological polar surface area (TPSA) is 49.4 Å². The highest BCUT2D eigenvalue weighted by Crippen LogP contribution is 1.75. The van der Waals surface area contributed by atoms with Crippen LogP contribution < -0.4 is 5.43 Å². The van der Waals surface area contributed by atoms with E-state index in [4.69, 9.17) is 0 Å². The molecule has 0 aromatic rings. The van der Waals surface area contributed by atoms with Crippen molar-refractivity contribution < 1.29 is 9.59 Å². The number of nitrogens with zero attached hydrogens (tertiary/aromatic N) is 1. The maximum Gasteiger partial charge on any atom is 0.221 e. The lowest BCUT2D eigenvalue weighted by atomic mass is 10.5. The SMILES string of the molecule is CN(CCC=O)NC=O. The Kier molecular flexibility index (Phi) is 4.72. The first-order valence-corrected chi connectivity index (χ1v) is 2.66. The quantitative estimate of drug-likeness (QED) is 0.390. The summed E-state index contributed by atoms with van der Waals surface area (Å²) in [6.45, 7) is 0.558. The first-order chi connectivity index (χ1) is 4.31. The summed E-state index contributed by atoms with van der Waals surface area (Å²) in [6, 6.07) is 0. The number of hydrazine groups is 1. The summed E-state index contributed by atoms with van der Waals surface area (Å²) in [5.74, 6) is 0. The van der Waals surface area contributed by atoms with Gasteiger partial charge >= 0.3 is 0 Å². The van der Waals surface area contributed by atoms with Crippen molar-refractivity contribution in [2.24, 2.45) is 0 Å². The Labute approximate surface area is 53.8 Å². The van der Waals surface area contributed by atoms with Gasteiger partial charge in [0.15, 0.2) is 0 Å². The Morgan fingerprint density at radius 3 is 2.67 bits per heavy atom. The maximum absolute atomic E-state index is 9.77. The zero-order chi connectivity index (χ0) is 7.11. The number of carbonyl (C=O) groups excluding carboxylic acids is 2. The van der Waals surface area contributed by atoms with Gasteiger partial charge in [0.2, 0.25) is 6.41 Å². The minimum absolute atomic E-state index is 0.442. The van der Waals surface area contributed by atoms with Crippen molar-refractivity contribution in [2.75, 3.05) is 13.6 Å². The second-order valence-electron chi connectivity index (χ2n) is 1.62. The molecule has 0 atom stereocenters. The van der Waals surface area contributed by atoms with Gasteiger partial charge in [0.25, 0.3) is 0 Å². The van der Waals surface area contributed by atoms with Gasteiger partial charge in [-0.1, -0.05) is 0 Å². The second-order valence-corrected chi connectivity index (χ2v) is 1.62. The minimum atomic E-state index is 0.442. The number of hydrogen-bond acceptors (Lipinski definition) is 3. The fraction of sp³-hybridized carbons (Fsp3) is 0.600. The average molecular weight is 130 g/mol. The van der Waals surface area contributed by atoms with Gasteiger partial charge in [0.1, 0.15) is 6.29 Å². The van der Waals surface area contributed by atoms with Crippen LogP contribution in [0.25, 0.3) is 0 Å². The molecule has 4 heteroatoms. The summed E-state index contributed by atoms with van der Waals surface area (Å²) in [7, 11) is 1.69. The molecule has 0 aromatic carbocycles. The zero-order valence-electron chi connectivity index (χ0n) is 5.33. The van der Waals surface area contributed by atoms with Gasteiger partial charge < -0.3 is 4.79 Å². The zero-order valence-corrected chi connectivity index (χ0v) is 5.33. The van der Waals surface area contributed by atoms with Gasteiger partial charge in [-0.3, -0.25) is 10.2 Å². The lowest BCUT2D eigenvalue weighted by Crippen LogP contribution is -2.33. The molecule has 0 radical (unpaired) electrons. The molecule has 0 saturated heterocycles. The van der Waals surface area contributed by atoms with Crippen LogP contribution in [0.1, 0.15) is 6.42 Å². The first-order valence-electron chi connectivity index (χ1n) is 2.66. The van der Waals surface area contributed by atoms with Crippen molar-refractivity contribution >= 4 is 12.7 Å². The van der Waals surface area contributed by atoms with Crippen LogP contribution in [-0.4, -0.2) is 31.3 Å². The van der Waals surface area contributed by atoms with Gasteiger partial charge in [-0.15, -0.1) is 0 Å². The van der Waals surface area contributed by atoms with E-state index in [-0.39, 0.29) is 0 Å². The van der Waals surface area contributed by atoms with Crippen LogP contribution >= 0.6 is 0 Å². The molecule has 0 unspecified atom stereocenters. The number of nitrogens with one attached hydrogen (secondary N) is 1. The summed E-state index contributed by atoms with van der Waals surface area (Å²) in [6.07, 6.45) is 1.82. The van der Waals surface area contributed by atoms with Gasteiger partial charge in [-0.2, -0.15) is 0 Å². The Bertz CT molecular complexity index is 95.0. The predicted octanol–water partition coefficient (Wildman–Crippen LogP) is -0.832. The van der Waals surface area contributed by atoms with Gasteiger partial charge in [-0.05, 0) is 0 Å². The predicted molar refractivity (Wildman–Crippen MR) is 32.5 cm³/mol. The van der Waals surface area contributed by atoms with E-state index in [0.29, 0.717) is 19.4 Å². The van der Waals surface area contributed by atoms with E-state index in [1.54, 1.807) is 12.1 Å². The van der Waals surface area contributed by atoms with Crippen molar-refractivity contribution in [3.05, 3.63) is 0 Å². The van der Waals surface area contributed by atoms with Crippen molar-refractivity contribution in [3.63, 3.8) is 0 Å². The molecular weight excluding hydrogens is 120 g/mol. The van der Waals surface area contributed by atoms with Gasteiger partial charge in [-0.25, -0.2) is 5.01 Å². The largest absolute Gasteiger partial charge is 0.303 e. The van der Waals surface area contributed by atoms with Crippen LogP contribution in [0.2, 0.25) is 0 Å². The molecule has 0 spiro atoms. The Morgan fingerprint density at radius 1 is 1.56 bits per heavy atom. The van der Waals surface area contributed by atoms with Crippen molar-refractivity contribution in [2.45, 2.75) is 6.42 Å². The molecule has 4 nitrogen and oxygen atoms in total. The molecule has 0 rings (SSSR count). The third-order valence-electron chi connectivity index (χ3n) is 0.855. The van der Waals surface area contributed by atoms with E-state index < -0.39 is 0 Å². The highest BCUT2D eigenvalue weighted by Gasteiger charge is 1.91. The number of carbonyl (C=O) groups is 2. The van der Waals surface area contributed by atoms with E-state index in [2.05, 4.69) is 5.43 Å². The summed E-state index contributed by atoms with van der Waals surface area (Å²) in [4.78, 5) is 19.5. The van der Waals surface area contributed by atoms with Crippen LogP contribution in [0.15, 0.2) is 0 Å². The maximum atomic E-state index is 9.77. The standard InChI is InChI=1S/C5H10N2O2/c1-7(6-5-9)3-2-4-8/h4-5H,2-3H2,1H3,(H,6,9). The third-order valence-corrected chi connectivity index (χ3v) is 0.855. The van der Waals surface area contributed by atoms with Crippen LogP contribution in [-0.2, 0) is 9.59 Å². The van der Waals surface area contributed by atoms with Crippen molar-refractivity contribution in [1.29, 1.82) is 0 Å². The molecule has 0 aliphatic carbocycles. The highest BCUT2D eigenvalue weighted by atomic mass is 16.1. The van der Waals surface area contributed by atoms with E-state index in [1.165, 1.54) is 0 Å². The Hall–Kier alpha value is -0.900. The molecule has 0 fully saturated rings. The Morgan fingerprint density at radius 2 is 2.22 bits per heavy atom. The fourth-order valence-electron chi connectivity index (χ4n) is 0.401. The number of hydrogen-bond donors (Lipinski definition) is 1. The molecule has 0 aliphatic rings. The molecule has 0 heterocycles. The molecule has 0 aromatic heterocycles. The third kappa shape index (κ3) is 4.96. The van der Waals surface area contributed by atoms with E-state index in [0.717, 1.165) is 6.29 Å². The van der Waals surface area contributed by atoms with Crippen LogP contribution in [0.5, 0.6) is 0 Å². The van der Waals surface area contributed by atoms with Gasteiger partial charge in [0.05, 0.1) is 0 Å². The summed E-state index contributed by atoms with van der Waals surface area (Å²) in [5, 5.41) is 1.54. The summed E-state index contributed by atoms with van der Waals surface area (Å²) < 4.78 is 0. The van der Waals surface area contributed by atoms with Crippen molar-refractivity contribution in [3.8, 4) is 0 Å². The summed E-state index contributed by atoms with van der Waals surface area (Å²) in [5.41, 5.74) is 2.37. The van der Waals surface area contributed by atoms with E-state index in [9.17, 15) is 9.59 Å². The molecule has 0 aliphatic heterocycles.